The van der Waals surface area contributed by atoms with Gasteiger partial charge in [-0.05, 0) is 86.3 Å². The summed E-state index contributed by atoms with van der Waals surface area (Å²) in [6.45, 7) is 12.3. The van der Waals surface area contributed by atoms with Crippen LogP contribution in [0, 0.1) is 24.7 Å². The molecule has 1 heteroatoms. The Labute approximate surface area is 264 Å². The fourth-order valence-electron chi connectivity index (χ4n) is 11.4. The van der Waals surface area contributed by atoms with Gasteiger partial charge in [0, 0.05) is 32.9 Å². The largest absolute Gasteiger partial charge is 0.223 e. The van der Waals surface area contributed by atoms with Gasteiger partial charge in [0.1, 0.15) is 0 Å². The first-order chi connectivity index (χ1) is 21.3. The van der Waals surface area contributed by atoms with E-state index >= 15 is 0 Å². The maximum atomic E-state index is 2.94. The fourth-order valence-corrected chi connectivity index (χ4v) is 11.4. The Morgan fingerprint density at radius 1 is 0.750 bits per heavy atom. The molecule has 1 nitrogen and oxygen atoms in total. The van der Waals surface area contributed by atoms with Crippen molar-refractivity contribution in [2.45, 2.75) is 110 Å². The van der Waals surface area contributed by atoms with E-state index in [1.54, 1.807) is 33.4 Å². The average Bonchev–Trinajstić information content (AvgIpc) is 3.29. The van der Waals surface area contributed by atoms with E-state index in [-0.39, 0.29) is 11.0 Å². The molecule has 0 N–H and O–H groups in total. The number of nitrogens with zero attached hydrogens (tertiary/aromatic N) is 1. The minimum atomic E-state index is -0.160. The predicted molar refractivity (Wildman–Crippen MR) is 184 cm³/mol. The molecule has 0 saturated heterocycles. The van der Waals surface area contributed by atoms with E-state index in [9.17, 15) is 0 Å². The van der Waals surface area contributed by atoms with E-state index in [1.807, 2.05) is 0 Å². The second-order valence-electron chi connectivity index (χ2n) is 15.8. The van der Waals surface area contributed by atoms with Crippen LogP contribution >= 0.6 is 0 Å². The minimum absolute atomic E-state index is 0.0926. The lowest BCUT2D eigenvalue weighted by molar-refractivity contribution is -0.737. The lowest BCUT2D eigenvalue weighted by Crippen LogP contribution is -2.64. The molecular weight excluding hydrogens is 530 g/mol. The van der Waals surface area contributed by atoms with Crippen molar-refractivity contribution in [2.24, 2.45) is 17.8 Å². The number of aromatic nitrogens is 1. The Bertz CT molecular complexity index is 1940. The topological polar surface area (TPSA) is 3.88 Å². The monoisotopic (exact) mass is 578 g/mol. The van der Waals surface area contributed by atoms with E-state index in [4.69, 9.17) is 0 Å². The van der Waals surface area contributed by atoms with Gasteiger partial charge >= 0.3 is 0 Å². The van der Waals surface area contributed by atoms with Gasteiger partial charge in [0.15, 0.2) is 6.20 Å². The van der Waals surface area contributed by atoms with Gasteiger partial charge in [-0.15, -0.1) is 0 Å². The SMILES string of the molecule is CC1=CC(C)=C(C2CCCCC2)C2(c3ccc4cccc5c4c3-c3c(c4cc(C)ccc4c[n+]32)C5(C)C)C1C1CCCCC1. The van der Waals surface area contributed by atoms with Gasteiger partial charge in [0.2, 0.25) is 11.2 Å². The maximum Gasteiger partial charge on any atom is 0.223 e. The van der Waals surface area contributed by atoms with Crippen molar-refractivity contribution in [3.05, 3.63) is 99.8 Å². The van der Waals surface area contributed by atoms with Crippen LogP contribution < -0.4 is 4.57 Å². The van der Waals surface area contributed by atoms with E-state index in [2.05, 4.69) is 100.0 Å². The first kappa shape index (κ1) is 27.1. The highest BCUT2D eigenvalue weighted by molar-refractivity contribution is 6.07. The summed E-state index contributed by atoms with van der Waals surface area (Å²) in [5, 5.41) is 5.79. The molecule has 4 aromatic rings. The quantitative estimate of drug-likeness (QED) is 0.208. The number of aryl methyl sites for hydroxylation is 1. The number of pyridine rings is 1. The van der Waals surface area contributed by atoms with Crippen LogP contribution in [0.25, 0.3) is 32.8 Å². The molecule has 4 aliphatic carbocycles. The van der Waals surface area contributed by atoms with Crippen molar-refractivity contribution in [3.63, 3.8) is 0 Å². The van der Waals surface area contributed by atoms with Crippen LogP contribution in [0.2, 0.25) is 0 Å². The Morgan fingerprint density at radius 3 is 2.25 bits per heavy atom. The number of benzene rings is 3. The predicted octanol–water partition coefficient (Wildman–Crippen LogP) is 11.0. The van der Waals surface area contributed by atoms with Crippen molar-refractivity contribution in [1.29, 1.82) is 0 Å². The zero-order valence-electron chi connectivity index (χ0n) is 27.5. The smallest absolute Gasteiger partial charge is 0.183 e. The summed E-state index contributed by atoms with van der Waals surface area (Å²) in [7, 11) is 0. The first-order valence-corrected chi connectivity index (χ1v) is 17.8. The summed E-state index contributed by atoms with van der Waals surface area (Å²) >= 11 is 0. The molecule has 224 valence electrons. The molecule has 5 aliphatic rings. The molecular formula is C43H48N+. The Hall–Kier alpha value is -3.19. The molecule has 3 aromatic carbocycles. The maximum absolute atomic E-state index is 2.94. The molecule has 0 bridgehead atoms. The summed E-state index contributed by atoms with van der Waals surface area (Å²) in [6.07, 6.45) is 19.0. The lowest BCUT2D eigenvalue weighted by atomic mass is 9.56. The summed E-state index contributed by atoms with van der Waals surface area (Å²) in [6, 6.07) is 19.5. The standard InChI is InChI=1S/C43H48N/c1-26-19-20-32-25-44-41-37-35(22-21-29-17-12-18-34(36(29)37)42(4,5)40(41)33(32)23-26)43(44)38(30-13-8-6-9-14-30)27(2)24-28(3)39(43)31-15-10-7-11-16-31/h12,17-25,30-31,38H,6-11,13-16H2,1-5H3/q+1. The van der Waals surface area contributed by atoms with Gasteiger partial charge < -0.3 is 0 Å². The van der Waals surface area contributed by atoms with E-state index < -0.39 is 0 Å². The van der Waals surface area contributed by atoms with Crippen LogP contribution in [0.4, 0.5) is 0 Å². The van der Waals surface area contributed by atoms with Gasteiger partial charge in [0.25, 0.3) is 0 Å². The summed E-state index contributed by atoms with van der Waals surface area (Å²) < 4.78 is 2.94. The highest BCUT2D eigenvalue weighted by Gasteiger charge is 2.65. The van der Waals surface area contributed by atoms with Crippen LogP contribution in [-0.4, -0.2) is 0 Å². The van der Waals surface area contributed by atoms with Crippen LogP contribution in [0.5, 0.6) is 0 Å². The van der Waals surface area contributed by atoms with Crippen LogP contribution in [-0.2, 0) is 11.0 Å². The van der Waals surface area contributed by atoms with Gasteiger partial charge in [0.05, 0.1) is 11.5 Å². The molecule has 0 radical (unpaired) electrons. The number of hydrogen-bond donors (Lipinski definition) is 0. The van der Waals surface area contributed by atoms with Crippen molar-refractivity contribution >= 4 is 21.5 Å². The zero-order valence-corrected chi connectivity index (χ0v) is 27.5. The number of fused-ring (bicyclic) bond motifs is 4. The second kappa shape index (κ2) is 9.41. The molecule has 1 spiro atoms. The zero-order chi connectivity index (χ0) is 30.0. The number of allylic oxidation sites excluding steroid dienone is 4. The van der Waals surface area contributed by atoms with Crippen LogP contribution in [0.1, 0.15) is 114 Å². The molecule has 2 fully saturated rings. The summed E-state index contributed by atoms with van der Waals surface area (Å²) in [5.41, 5.74) is 13.8. The molecule has 2 saturated carbocycles. The first-order valence-electron chi connectivity index (χ1n) is 17.8. The molecule has 1 aliphatic heterocycles. The van der Waals surface area contributed by atoms with E-state index in [1.165, 1.54) is 103 Å². The molecule has 1 aromatic heterocycles. The van der Waals surface area contributed by atoms with Crippen molar-refractivity contribution < 1.29 is 4.57 Å². The Balaban J connectivity index is 1.51. The molecule has 2 heterocycles. The Morgan fingerprint density at radius 2 is 1.48 bits per heavy atom. The highest BCUT2D eigenvalue weighted by atomic mass is 15.1. The van der Waals surface area contributed by atoms with Gasteiger partial charge in [-0.1, -0.05) is 112 Å². The highest BCUT2D eigenvalue weighted by Crippen LogP contribution is 2.63. The summed E-state index contributed by atoms with van der Waals surface area (Å²) in [4.78, 5) is 0. The van der Waals surface area contributed by atoms with E-state index in [0.717, 1.165) is 5.92 Å². The Kier molecular flexibility index (Phi) is 5.81. The molecule has 44 heavy (non-hydrogen) atoms. The molecule has 2 atom stereocenters. The molecule has 9 rings (SSSR count). The number of hydrogen-bond acceptors (Lipinski definition) is 0. The van der Waals surface area contributed by atoms with Crippen LogP contribution in [0.3, 0.4) is 0 Å². The third kappa shape index (κ3) is 3.34. The van der Waals surface area contributed by atoms with Crippen LogP contribution in [0.15, 0.2) is 77.5 Å². The number of rotatable bonds is 2. The average molecular weight is 579 g/mol. The third-order valence-electron chi connectivity index (χ3n) is 13.0. The van der Waals surface area contributed by atoms with Gasteiger partial charge in [-0.3, -0.25) is 0 Å². The van der Waals surface area contributed by atoms with E-state index in [0.29, 0.717) is 11.8 Å². The molecule has 2 unspecified atom stereocenters. The second-order valence-corrected chi connectivity index (χ2v) is 15.8. The normalized spacial score (nSPS) is 26.2. The lowest BCUT2D eigenvalue weighted by Gasteiger charge is -2.47. The van der Waals surface area contributed by atoms with Gasteiger partial charge in [-0.2, -0.15) is 4.57 Å². The minimum Gasteiger partial charge on any atom is -0.183 e. The fraction of sp³-hybridized carbons (Fsp3) is 0.465. The van der Waals surface area contributed by atoms with Crippen molar-refractivity contribution in [1.82, 2.24) is 0 Å². The van der Waals surface area contributed by atoms with Crippen molar-refractivity contribution in [3.8, 4) is 11.3 Å². The van der Waals surface area contributed by atoms with Crippen molar-refractivity contribution in [2.75, 3.05) is 0 Å². The summed E-state index contributed by atoms with van der Waals surface area (Å²) in [5.74, 6) is 1.87. The third-order valence-corrected chi connectivity index (χ3v) is 13.0. The molecule has 0 amide bonds. The van der Waals surface area contributed by atoms with Gasteiger partial charge in [-0.25, -0.2) is 0 Å².